The smallest absolute Gasteiger partial charge is 0.417 e. The average molecular weight is 564 g/mol. The molecule has 2 aromatic heterocycles. The van der Waals surface area contributed by atoms with Crippen molar-refractivity contribution in [3.63, 3.8) is 0 Å². The highest BCUT2D eigenvalue weighted by Crippen LogP contribution is 2.36. The molecule has 0 saturated heterocycles. The molecule has 2 heterocycles. The summed E-state index contributed by atoms with van der Waals surface area (Å²) in [6, 6.07) is 9.65. The Hall–Kier alpha value is -2.15. The minimum Gasteiger partial charge on any atom is -0.453 e. The van der Waals surface area contributed by atoms with E-state index in [0.717, 1.165) is 20.6 Å². The Morgan fingerprint density at radius 2 is 2.00 bits per heavy atom. The van der Waals surface area contributed by atoms with Crippen LogP contribution < -0.4 is 5.32 Å². The third-order valence-corrected chi connectivity index (χ3v) is 5.71. The van der Waals surface area contributed by atoms with E-state index < -0.39 is 11.7 Å². The number of nitrogens with one attached hydrogen (secondary N) is 2. The van der Waals surface area contributed by atoms with Gasteiger partial charge in [0.15, 0.2) is 5.76 Å². The topological polar surface area (TPSA) is 79.6 Å². The van der Waals surface area contributed by atoms with Crippen LogP contribution in [0.25, 0.3) is 22.6 Å². The maximum atomic E-state index is 13.1. The van der Waals surface area contributed by atoms with E-state index in [0.29, 0.717) is 29.4 Å². The summed E-state index contributed by atoms with van der Waals surface area (Å²) >= 11 is 5.12. The second-order valence-corrected chi connectivity index (χ2v) is 7.90. The highest BCUT2D eigenvalue weighted by molar-refractivity contribution is 14.1. The van der Waals surface area contributed by atoms with E-state index in [1.165, 1.54) is 6.07 Å². The third kappa shape index (κ3) is 3.85. The van der Waals surface area contributed by atoms with Crippen molar-refractivity contribution in [1.29, 1.82) is 0 Å². The number of tetrazole rings is 1. The van der Waals surface area contributed by atoms with Gasteiger partial charge >= 0.3 is 6.18 Å². The lowest BCUT2D eigenvalue weighted by molar-refractivity contribution is -0.138. The fourth-order valence-electron chi connectivity index (χ4n) is 2.67. The number of rotatable bonds is 4. The molecular weight excluding hydrogens is 554 g/mol. The number of aromatic nitrogens is 4. The Labute approximate surface area is 178 Å². The summed E-state index contributed by atoms with van der Waals surface area (Å²) in [5.74, 6) is 0.920. The summed E-state index contributed by atoms with van der Waals surface area (Å²) in [5, 5.41) is 17.4. The third-order valence-electron chi connectivity index (χ3n) is 4.02. The number of halogens is 5. The molecule has 2 N–H and O–H groups in total. The van der Waals surface area contributed by atoms with E-state index in [2.05, 4.69) is 64.5 Å². The Morgan fingerprint density at radius 3 is 2.71 bits per heavy atom. The van der Waals surface area contributed by atoms with Crippen LogP contribution in [0.2, 0.25) is 0 Å². The van der Waals surface area contributed by atoms with E-state index >= 15 is 0 Å². The predicted octanol–water partition coefficient (Wildman–Crippen LogP) is 5.61. The maximum Gasteiger partial charge on any atom is 0.417 e. The van der Waals surface area contributed by atoms with Crippen molar-refractivity contribution in [2.24, 2.45) is 0 Å². The SMILES string of the molecule is FC(F)(F)c1cc(NCc2cc3oc(-c4nnn[nH]4)cc3cc2I)ccc1Br. The molecule has 0 amide bonds. The largest absolute Gasteiger partial charge is 0.453 e. The fraction of sp³-hybridized carbons (Fsp3) is 0.118. The second-order valence-electron chi connectivity index (χ2n) is 5.89. The monoisotopic (exact) mass is 563 g/mol. The molecule has 4 rings (SSSR count). The normalized spacial score (nSPS) is 11.9. The highest BCUT2D eigenvalue weighted by Gasteiger charge is 2.33. The van der Waals surface area contributed by atoms with Crippen LogP contribution in [0.4, 0.5) is 18.9 Å². The van der Waals surface area contributed by atoms with Gasteiger partial charge in [-0.3, -0.25) is 0 Å². The standard InChI is InChI=1S/C17H10BrF3IN5O/c18-12-2-1-10(6-11(12)17(19,20)21)23-7-9-5-14-8(3-13(9)22)4-15(28-14)16-24-26-27-25-16/h1-6,23H,7H2,(H,24,25,26,27). The van der Waals surface area contributed by atoms with Crippen LogP contribution in [0.3, 0.4) is 0 Å². The van der Waals surface area contributed by atoms with Crippen LogP contribution in [0, 0.1) is 3.57 Å². The zero-order valence-electron chi connectivity index (χ0n) is 13.8. The molecule has 0 unspecified atom stereocenters. The summed E-state index contributed by atoms with van der Waals surface area (Å²) in [6.07, 6.45) is -4.43. The van der Waals surface area contributed by atoms with Gasteiger partial charge in [-0.15, -0.1) is 5.10 Å². The zero-order chi connectivity index (χ0) is 19.9. The van der Waals surface area contributed by atoms with E-state index in [4.69, 9.17) is 4.42 Å². The lowest BCUT2D eigenvalue weighted by Crippen LogP contribution is -2.08. The van der Waals surface area contributed by atoms with Crippen LogP contribution in [-0.2, 0) is 12.7 Å². The Morgan fingerprint density at radius 1 is 1.18 bits per heavy atom. The number of hydrogen-bond donors (Lipinski definition) is 2. The van der Waals surface area contributed by atoms with Crippen LogP contribution >= 0.6 is 38.5 Å². The summed E-state index contributed by atoms with van der Waals surface area (Å²) < 4.78 is 45.9. The Kier molecular flexibility index (Phi) is 5.04. The molecule has 0 radical (unpaired) electrons. The van der Waals surface area contributed by atoms with Gasteiger partial charge in [0.05, 0.1) is 5.56 Å². The van der Waals surface area contributed by atoms with Gasteiger partial charge in [0.1, 0.15) is 5.58 Å². The van der Waals surface area contributed by atoms with E-state index in [1.54, 1.807) is 6.07 Å². The number of anilines is 1. The van der Waals surface area contributed by atoms with Crippen LogP contribution in [0.1, 0.15) is 11.1 Å². The van der Waals surface area contributed by atoms with Crippen LogP contribution in [-0.4, -0.2) is 20.6 Å². The van der Waals surface area contributed by atoms with Gasteiger partial charge in [0, 0.05) is 25.7 Å². The van der Waals surface area contributed by atoms with Crippen molar-refractivity contribution in [3.05, 3.63) is 55.6 Å². The number of H-pyrrole nitrogens is 1. The number of nitrogens with zero attached hydrogens (tertiary/aromatic N) is 3. The molecule has 0 aliphatic rings. The minimum atomic E-state index is -4.43. The highest BCUT2D eigenvalue weighted by atomic mass is 127. The molecule has 0 atom stereocenters. The van der Waals surface area contributed by atoms with Crippen molar-refractivity contribution in [1.82, 2.24) is 20.6 Å². The first kappa shape index (κ1) is 19.2. The predicted molar refractivity (Wildman–Crippen MR) is 109 cm³/mol. The number of furan rings is 1. The van der Waals surface area contributed by atoms with Gasteiger partial charge < -0.3 is 9.73 Å². The first-order valence-electron chi connectivity index (χ1n) is 7.88. The van der Waals surface area contributed by atoms with Crippen molar-refractivity contribution in [2.45, 2.75) is 12.7 Å². The van der Waals surface area contributed by atoms with Crippen molar-refractivity contribution < 1.29 is 17.6 Å². The van der Waals surface area contributed by atoms with Crippen LogP contribution in [0.15, 0.2) is 45.3 Å². The first-order valence-corrected chi connectivity index (χ1v) is 9.75. The van der Waals surface area contributed by atoms with Gasteiger partial charge in [0.25, 0.3) is 0 Å². The maximum absolute atomic E-state index is 13.1. The number of hydrogen-bond acceptors (Lipinski definition) is 5. The molecule has 144 valence electrons. The van der Waals surface area contributed by atoms with Crippen LogP contribution in [0.5, 0.6) is 0 Å². The Bertz CT molecular complexity index is 1140. The molecule has 0 fully saturated rings. The molecule has 0 saturated carbocycles. The number of fused-ring (bicyclic) bond motifs is 1. The molecule has 0 aliphatic carbocycles. The van der Waals surface area contributed by atoms with Gasteiger partial charge in [-0.1, -0.05) is 15.9 Å². The molecule has 11 heteroatoms. The molecular formula is C17H10BrF3IN5O. The van der Waals surface area contributed by atoms with E-state index in [9.17, 15) is 13.2 Å². The zero-order valence-corrected chi connectivity index (χ0v) is 17.6. The number of benzene rings is 2. The van der Waals surface area contributed by atoms with Gasteiger partial charge in [-0.2, -0.15) is 13.2 Å². The summed E-state index contributed by atoms with van der Waals surface area (Å²) in [7, 11) is 0. The molecule has 0 aliphatic heterocycles. The lowest BCUT2D eigenvalue weighted by atomic mass is 10.1. The van der Waals surface area contributed by atoms with Crippen molar-refractivity contribution in [3.8, 4) is 11.6 Å². The number of alkyl halides is 3. The molecule has 6 nitrogen and oxygen atoms in total. The second kappa shape index (κ2) is 7.35. The summed E-state index contributed by atoms with van der Waals surface area (Å²) in [5.41, 5.74) is 1.18. The molecule has 28 heavy (non-hydrogen) atoms. The van der Waals surface area contributed by atoms with Gasteiger partial charge in [-0.25, -0.2) is 5.10 Å². The van der Waals surface area contributed by atoms with Gasteiger partial charge in [0.2, 0.25) is 5.82 Å². The van der Waals surface area contributed by atoms with Crippen molar-refractivity contribution in [2.75, 3.05) is 5.32 Å². The quantitative estimate of drug-likeness (QED) is 0.315. The van der Waals surface area contributed by atoms with E-state index in [1.807, 2.05) is 18.2 Å². The average Bonchev–Trinajstić information content (AvgIpc) is 3.29. The van der Waals surface area contributed by atoms with Crippen molar-refractivity contribution >= 4 is 55.2 Å². The molecule has 0 bridgehead atoms. The molecule has 0 spiro atoms. The summed E-state index contributed by atoms with van der Waals surface area (Å²) in [6.45, 7) is 0.340. The number of aromatic amines is 1. The fourth-order valence-corrected chi connectivity index (χ4v) is 3.82. The lowest BCUT2D eigenvalue weighted by Gasteiger charge is -2.13. The minimum absolute atomic E-state index is 0.00608. The molecule has 2 aromatic carbocycles. The Balaban J connectivity index is 1.59. The first-order chi connectivity index (χ1) is 13.3. The van der Waals surface area contributed by atoms with E-state index in [-0.39, 0.29) is 4.47 Å². The molecule has 4 aromatic rings. The van der Waals surface area contributed by atoms with Gasteiger partial charge in [-0.05, 0) is 75.0 Å². The summed E-state index contributed by atoms with van der Waals surface area (Å²) in [4.78, 5) is 0.